The van der Waals surface area contributed by atoms with Gasteiger partial charge in [-0.1, -0.05) is 41.9 Å². The lowest BCUT2D eigenvalue weighted by Gasteiger charge is -2.20. The highest BCUT2D eigenvalue weighted by Gasteiger charge is 2.30. The molecular weight excluding hydrogens is 273 g/mol. The van der Waals surface area contributed by atoms with Crippen LogP contribution in [-0.4, -0.2) is 7.05 Å². The monoisotopic (exact) mass is 289 g/mol. The summed E-state index contributed by atoms with van der Waals surface area (Å²) in [5.74, 6) is 0.134. The van der Waals surface area contributed by atoms with Crippen LogP contribution in [0.25, 0.3) is 0 Å². The molecule has 1 aliphatic rings. The second kappa shape index (κ2) is 5.55. The molecule has 0 fully saturated rings. The molecule has 2 aromatic carbocycles. The van der Waals surface area contributed by atoms with E-state index in [2.05, 4.69) is 29.6 Å². The summed E-state index contributed by atoms with van der Waals surface area (Å²) in [5, 5.41) is 3.62. The van der Waals surface area contributed by atoms with E-state index in [0.717, 1.165) is 18.4 Å². The highest BCUT2D eigenvalue weighted by Crippen LogP contribution is 2.37. The molecule has 0 radical (unpaired) electrons. The smallest absolute Gasteiger partial charge is 0.141 e. The molecule has 2 aromatic rings. The Morgan fingerprint density at radius 1 is 1.25 bits per heavy atom. The third-order valence-corrected chi connectivity index (χ3v) is 4.43. The van der Waals surface area contributed by atoms with Crippen molar-refractivity contribution in [3.05, 3.63) is 70.0 Å². The predicted octanol–water partition coefficient (Wildman–Crippen LogP) is 4.15. The Kier molecular flexibility index (Phi) is 3.77. The third kappa shape index (κ3) is 2.46. The molecular formula is C17H17ClFN. The summed E-state index contributed by atoms with van der Waals surface area (Å²) in [7, 11) is 2.00. The van der Waals surface area contributed by atoms with Gasteiger partial charge in [0.1, 0.15) is 5.82 Å². The number of nitrogens with one attached hydrogen (secondary N) is 1. The summed E-state index contributed by atoms with van der Waals surface area (Å²) >= 11 is 5.87. The van der Waals surface area contributed by atoms with Gasteiger partial charge in [-0.3, -0.25) is 0 Å². The number of fused-ring (bicyclic) bond motifs is 1. The molecule has 20 heavy (non-hydrogen) atoms. The number of benzene rings is 2. The van der Waals surface area contributed by atoms with Crippen molar-refractivity contribution in [2.24, 2.45) is 5.92 Å². The zero-order valence-corrected chi connectivity index (χ0v) is 12.1. The number of halogens is 2. The summed E-state index contributed by atoms with van der Waals surface area (Å²) in [4.78, 5) is 0. The van der Waals surface area contributed by atoms with E-state index in [1.807, 2.05) is 13.1 Å². The van der Waals surface area contributed by atoms with Gasteiger partial charge in [0, 0.05) is 6.04 Å². The maximum Gasteiger partial charge on any atom is 0.141 e. The van der Waals surface area contributed by atoms with Crippen LogP contribution in [0.1, 0.15) is 22.7 Å². The van der Waals surface area contributed by atoms with Crippen molar-refractivity contribution in [3.63, 3.8) is 0 Å². The Morgan fingerprint density at radius 3 is 2.80 bits per heavy atom. The highest BCUT2D eigenvalue weighted by molar-refractivity contribution is 6.30. The Balaban J connectivity index is 1.83. The molecule has 104 valence electrons. The molecule has 3 rings (SSSR count). The van der Waals surface area contributed by atoms with Crippen LogP contribution in [-0.2, 0) is 12.8 Å². The van der Waals surface area contributed by atoms with E-state index < -0.39 is 0 Å². The van der Waals surface area contributed by atoms with E-state index in [9.17, 15) is 4.39 Å². The predicted molar refractivity (Wildman–Crippen MR) is 80.6 cm³/mol. The minimum Gasteiger partial charge on any atom is -0.313 e. The fourth-order valence-electron chi connectivity index (χ4n) is 3.23. The standard InChI is InChI=1S/C17H17ClFN/c1-20-17-13(10-12-4-2-3-5-14(12)17)8-11-6-7-16(19)15(18)9-11/h2-7,9,13,17,20H,8,10H2,1H3. The van der Waals surface area contributed by atoms with Crippen molar-refractivity contribution in [2.75, 3.05) is 7.05 Å². The second-order valence-electron chi connectivity index (χ2n) is 5.38. The minimum atomic E-state index is -0.352. The zero-order chi connectivity index (χ0) is 14.1. The fourth-order valence-corrected chi connectivity index (χ4v) is 3.43. The Hall–Kier alpha value is -1.38. The fraction of sp³-hybridized carbons (Fsp3) is 0.294. The lowest BCUT2D eigenvalue weighted by molar-refractivity contribution is 0.410. The molecule has 2 unspecified atom stereocenters. The molecule has 0 heterocycles. The van der Waals surface area contributed by atoms with Gasteiger partial charge in [0.2, 0.25) is 0 Å². The quantitative estimate of drug-likeness (QED) is 0.895. The summed E-state index contributed by atoms with van der Waals surface area (Å²) in [6, 6.07) is 13.9. The normalized spacial score (nSPS) is 20.9. The van der Waals surface area contributed by atoms with Crippen LogP contribution in [0.2, 0.25) is 5.02 Å². The molecule has 1 aliphatic carbocycles. The van der Waals surface area contributed by atoms with Crippen LogP contribution in [0.5, 0.6) is 0 Å². The van der Waals surface area contributed by atoms with Gasteiger partial charge in [-0.05, 0) is 54.6 Å². The topological polar surface area (TPSA) is 12.0 Å². The van der Waals surface area contributed by atoms with E-state index in [4.69, 9.17) is 11.6 Å². The largest absolute Gasteiger partial charge is 0.313 e. The summed E-state index contributed by atoms with van der Waals surface area (Å²) in [5.41, 5.74) is 3.88. The molecule has 1 N–H and O–H groups in total. The molecule has 0 saturated carbocycles. The Morgan fingerprint density at radius 2 is 2.05 bits per heavy atom. The van der Waals surface area contributed by atoms with Crippen molar-refractivity contribution in [2.45, 2.75) is 18.9 Å². The zero-order valence-electron chi connectivity index (χ0n) is 11.4. The van der Waals surface area contributed by atoms with Crippen molar-refractivity contribution in [1.29, 1.82) is 0 Å². The maximum atomic E-state index is 13.2. The van der Waals surface area contributed by atoms with Gasteiger partial charge >= 0.3 is 0 Å². The minimum absolute atomic E-state index is 0.207. The first-order valence-electron chi connectivity index (χ1n) is 6.88. The Bertz CT molecular complexity index is 626. The lowest BCUT2D eigenvalue weighted by Crippen LogP contribution is -2.23. The van der Waals surface area contributed by atoms with E-state index in [-0.39, 0.29) is 10.8 Å². The first-order valence-corrected chi connectivity index (χ1v) is 7.26. The third-order valence-electron chi connectivity index (χ3n) is 4.14. The van der Waals surface area contributed by atoms with Crippen LogP contribution in [0.3, 0.4) is 0 Å². The van der Waals surface area contributed by atoms with Crippen LogP contribution in [0.15, 0.2) is 42.5 Å². The van der Waals surface area contributed by atoms with Gasteiger partial charge < -0.3 is 5.32 Å². The lowest BCUT2D eigenvalue weighted by atomic mass is 9.93. The van der Waals surface area contributed by atoms with Crippen molar-refractivity contribution < 1.29 is 4.39 Å². The first-order chi connectivity index (χ1) is 9.69. The van der Waals surface area contributed by atoms with Gasteiger partial charge in [-0.2, -0.15) is 0 Å². The molecule has 0 spiro atoms. The number of hydrogen-bond donors (Lipinski definition) is 1. The van der Waals surface area contributed by atoms with Crippen LogP contribution < -0.4 is 5.32 Å². The highest BCUT2D eigenvalue weighted by atomic mass is 35.5. The SMILES string of the molecule is CNC1c2ccccc2CC1Cc1ccc(F)c(Cl)c1. The van der Waals surface area contributed by atoms with Gasteiger partial charge in [0.05, 0.1) is 5.02 Å². The molecule has 0 saturated heterocycles. The number of hydrogen-bond acceptors (Lipinski definition) is 1. The first kappa shape index (κ1) is 13.6. The Labute approximate surface area is 123 Å². The van der Waals surface area contributed by atoms with E-state index >= 15 is 0 Å². The van der Waals surface area contributed by atoms with Crippen LogP contribution >= 0.6 is 11.6 Å². The summed E-state index contributed by atoms with van der Waals surface area (Å²) in [6.45, 7) is 0. The van der Waals surface area contributed by atoms with Gasteiger partial charge in [-0.15, -0.1) is 0 Å². The molecule has 0 aliphatic heterocycles. The van der Waals surface area contributed by atoms with E-state index in [1.165, 1.54) is 17.2 Å². The molecule has 3 heteroatoms. The molecule has 0 bridgehead atoms. The van der Waals surface area contributed by atoms with Gasteiger partial charge in [-0.25, -0.2) is 4.39 Å². The molecule has 2 atom stereocenters. The second-order valence-corrected chi connectivity index (χ2v) is 5.79. The number of rotatable bonds is 3. The van der Waals surface area contributed by atoms with E-state index in [1.54, 1.807) is 6.07 Å². The van der Waals surface area contributed by atoms with Crippen molar-refractivity contribution in [1.82, 2.24) is 5.32 Å². The average molecular weight is 290 g/mol. The maximum absolute atomic E-state index is 13.2. The van der Waals surface area contributed by atoms with Crippen LogP contribution in [0.4, 0.5) is 4.39 Å². The average Bonchev–Trinajstić information content (AvgIpc) is 2.80. The van der Waals surface area contributed by atoms with Crippen molar-refractivity contribution >= 4 is 11.6 Å². The summed E-state index contributed by atoms with van der Waals surface area (Å²) in [6.07, 6.45) is 1.96. The van der Waals surface area contributed by atoms with Crippen LogP contribution in [0, 0.1) is 11.7 Å². The molecule has 0 aromatic heterocycles. The molecule has 1 nitrogen and oxygen atoms in total. The molecule has 0 amide bonds. The van der Waals surface area contributed by atoms with Crippen molar-refractivity contribution in [3.8, 4) is 0 Å². The van der Waals surface area contributed by atoms with Gasteiger partial charge in [0.15, 0.2) is 0 Å². The van der Waals surface area contributed by atoms with E-state index in [0.29, 0.717) is 12.0 Å². The van der Waals surface area contributed by atoms with Gasteiger partial charge in [0.25, 0.3) is 0 Å². The summed E-state index contributed by atoms with van der Waals surface area (Å²) < 4.78 is 13.2.